The molecule has 0 spiro atoms. The predicted octanol–water partition coefficient (Wildman–Crippen LogP) is 1.46. The molecule has 24 heavy (non-hydrogen) atoms. The molecule has 0 bridgehead atoms. The molecule has 4 rings (SSSR count). The molecule has 3 N–H and O–H groups in total. The summed E-state index contributed by atoms with van der Waals surface area (Å²) in [4.78, 5) is 34.9. The first kappa shape index (κ1) is 15.3. The van der Waals surface area contributed by atoms with E-state index < -0.39 is 0 Å². The van der Waals surface area contributed by atoms with Gasteiger partial charge in [0.25, 0.3) is 11.5 Å². The van der Waals surface area contributed by atoms with Crippen molar-refractivity contribution < 1.29 is 9.53 Å². The zero-order valence-corrected chi connectivity index (χ0v) is 13.9. The topological polar surface area (TPSA) is 101 Å². The van der Waals surface area contributed by atoms with Crippen LogP contribution in [0.5, 0.6) is 0 Å². The van der Waals surface area contributed by atoms with Gasteiger partial charge in [0.2, 0.25) is 5.95 Å². The van der Waals surface area contributed by atoms with E-state index in [0.29, 0.717) is 35.6 Å². The molecule has 7 nitrogen and oxygen atoms in total. The highest BCUT2D eigenvalue weighted by Crippen LogP contribution is 2.34. The van der Waals surface area contributed by atoms with Gasteiger partial charge in [0, 0.05) is 23.6 Å². The summed E-state index contributed by atoms with van der Waals surface area (Å²) >= 11 is 1.49. The minimum absolute atomic E-state index is 0.0319. The van der Waals surface area contributed by atoms with Crippen molar-refractivity contribution in [3.63, 3.8) is 0 Å². The van der Waals surface area contributed by atoms with Crippen molar-refractivity contribution in [3.8, 4) is 0 Å². The van der Waals surface area contributed by atoms with Crippen LogP contribution in [0.15, 0.2) is 16.9 Å². The SMILES string of the molecule is Nc1nc2c(c(=O)[nH]1)CCN(C(=O)c1ccc([C@H]3CCCO3)s1)C2. The number of H-pyrrole nitrogens is 1. The third kappa shape index (κ3) is 2.71. The van der Waals surface area contributed by atoms with Crippen LogP contribution in [0.4, 0.5) is 5.95 Å². The second-order valence-corrected chi connectivity index (χ2v) is 7.17. The van der Waals surface area contributed by atoms with Gasteiger partial charge in [0.05, 0.1) is 23.2 Å². The van der Waals surface area contributed by atoms with E-state index in [1.807, 2.05) is 12.1 Å². The number of ether oxygens (including phenoxy) is 1. The molecule has 1 saturated heterocycles. The number of carbonyl (C=O) groups is 1. The maximum Gasteiger partial charge on any atom is 0.264 e. The maximum absolute atomic E-state index is 12.8. The molecule has 0 saturated carbocycles. The lowest BCUT2D eigenvalue weighted by Gasteiger charge is -2.27. The first-order chi connectivity index (χ1) is 11.6. The molecular weight excluding hydrogens is 328 g/mol. The van der Waals surface area contributed by atoms with Gasteiger partial charge in [0.1, 0.15) is 0 Å². The lowest BCUT2D eigenvalue weighted by atomic mass is 10.1. The van der Waals surface area contributed by atoms with Crippen LogP contribution >= 0.6 is 11.3 Å². The minimum atomic E-state index is -0.207. The molecule has 1 atom stereocenters. The second kappa shape index (κ2) is 6.03. The molecule has 126 valence electrons. The molecule has 8 heteroatoms. The van der Waals surface area contributed by atoms with Gasteiger partial charge in [-0.2, -0.15) is 0 Å². The average Bonchev–Trinajstić information content (AvgIpc) is 3.24. The summed E-state index contributed by atoms with van der Waals surface area (Å²) in [5, 5.41) is 0. The van der Waals surface area contributed by atoms with Crippen LogP contribution in [0.1, 0.15) is 44.8 Å². The molecule has 0 radical (unpaired) electrons. The van der Waals surface area contributed by atoms with Gasteiger partial charge in [-0.15, -0.1) is 11.3 Å². The Kier molecular flexibility index (Phi) is 3.85. The van der Waals surface area contributed by atoms with Crippen LogP contribution in [0.3, 0.4) is 0 Å². The highest BCUT2D eigenvalue weighted by atomic mass is 32.1. The Morgan fingerprint density at radius 3 is 3.12 bits per heavy atom. The monoisotopic (exact) mass is 346 g/mol. The number of fused-ring (bicyclic) bond motifs is 1. The maximum atomic E-state index is 12.8. The molecule has 1 fully saturated rings. The van der Waals surface area contributed by atoms with Gasteiger partial charge in [-0.05, 0) is 31.4 Å². The van der Waals surface area contributed by atoms with E-state index in [0.717, 1.165) is 24.3 Å². The van der Waals surface area contributed by atoms with E-state index in [2.05, 4.69) is 9.97 Å². The number of hydrogen-bond donors (Lipinski definition) is 2. The van der Waals surface area contributed by atoms with Crippen molar-refractivity contribution in [2.45, 2.75) is 31.9 Å². The Bertz CT molecular complexity index is 838. The van der Waals surface area contributed by atoms with Gasteiger partial charge >= 0.3 is 0 Å². The molecule has 0 aliphatic carbocycles. The Hall–Kier alpha value is -2.19. The quantitative estimate of drug-likeness (QED) is 0.857. The number of rotatable bonds is 2. The molecule has 2 aliphatic rings. The number of carbonyl (C=O) groups excluding carboxylic acids is 1. The molecule has 4 heterocycles. The standard InChI is InChI=1S/C16H18N4O3S/c17-16-18-10-8-20(6-5-9(10)14(21)19-16)15(22)13-4-3-12(24-13)11-2-1-7-23-11/h3-4,11H,1-2,5-8H2,(H3,17,18,19,21)/t11-/m1/s1. The van der Waals surface area contributed by atoms with Gasteiger partial charge in [-0.3, -0.25) is 14.6 Å². The summed E-state index contributed by atoms with van der Waals surface area (Å²) in [6.07, 6.45) is 2.69. The number of thiophene rings is 1. The highest BCUT2D eigenvalue weighted by Gasteiger charge is 2.27. The zero-order valence-electron chi connectivity index (χ0n) is 13.1. The Labute approximate surface area is 142 Å². The number of nitrogens with one attached hydrogen (secondary N) is 1. The summed E-state index contributed by atoms with van der Waals surface area (Å²) in [6.45, 7) is 1.61. The predicted molar refractivity (Wildman–Crippen MR) is 90.0 cm³/mol. The smallest absolute Gasteiger partial charge is 0.264 e. The molecule has 0 unspecified atom stereocenters. The van der Waals surface area contributed by atoms with E-state index in [1.165, 1.54) is 11.3 Å². The van der Waals surface area contributed by atoms with Crippen LogP contribution in [0, 0.1) is 0 Å². The number of hydrogen-bond acceptors (Lipinski definition) is 6. The number of nitrogen functional groups attached to an aromatic ring is 1. The van der Waals surface area contributed by atoms with Gasteiger partial charge in [-0.1, -0.05) is 0 Å². The van der Waals surface area contributed by atoms with Crippen molar-refractivity contribution in [3.05, 3.63) is 43.5 Å². The van der Waals surface area contributed by atoms with Crippen molar-refractivity contribution >= 4 is 23.2 Å². The molecule has 1 amide bonds. The molecule has 0 aromatic carbocycles. The Morgan fingerprint density at radius 1 is 1.46 bits per heavy atom. The van der Waals surface area contributed by atoms with E-state index in [1.54, 1.807) is 4.90 Å². The number of nitrogens with two attached hydrogens (primary N) is 1. The van der Waals surface area contributed by atoms with Gasteiger partial charge < -0.3 is 15.4 Å². The summed E-state index contributed by atoms with van der Waals surface area (Å²) in [6, 6.07) is 3.84. The summed E-state index contributed by atoms with van der Waals surface area (Å²) in [7, 11) is 0. The third-order valence-corrected chi connectivity index (χ3v) is 5.63. The average molecular weight is 346 g/mol. The van der Waals surface area contributed by atoms with E-state index >= 15 is 0 Å². The first-order valence-electron chi connectivity index (χ1n) is 8.00. The van der Waals surface area contributed by atoms with Crippen LogP contribution in [-0.4, -0.2) is 33.9 Å². The van der Waals surface area contributed by atoms with Crippen LogP contribution in [0.25, 0.3) is 0 Å². The van der Waals surface area contributed by atoms with Gasteiger partial charge in [0.15, 0.2) is 0 Å². The summed E-state index contributed by atoms with van der Waals surface area (Å²) in [5.41, 5.74) is 6.61. The van der Waals surface area contributed by atoms with Crippen LogP contribution in [0.2, 0.25) is 0 Å². The third-order valence-electron chi connectivity index (χ3n) is 4.46. The largest absolute Gasteiger partial charge is 0.373 e. The fraction of sp³-hybridized carbons (Fsp3) is 0.438. The number of nitrogens with zero attached hydrogens (tertiary/aromatic N) is 2. The van der Waals surface area contributed by atoms with Crippen LogP contribution < -0.4 is 11.3 Å². The molecule has 2 aromatic heterocycles. The van der Waals surface area contributed by atoms with E-state index in [4.69, 9.17) is 10.5 Å². The van der Waals surface area contributed by atoms with Crippen molar-refractivity contribution in [1.29, 1.82) is 0 Å². The van der Waals surface area contributed by atoms with E-state index in [-0.39, 0.29) is 23.5 Å². The van der Waals surface area contributed by atoms with E-state index in [9.17, 15) is 9.59 Å². The normalized spacial score (nSPS) is 20.2. The minimum Gasteiger partial charge on any atom is -0.373 e. The van der Waals surface area contributed by atoms with Crippen LogP contribution in [-0.2, 0) is 17.7 Å². The summed E-state index contributed by atoms with van der Waals surface area (Å²) < 4.78 is 5.67. The van der Waals surface area contributed by atoms with Gasteiger partial charge in [-0.25, -0.2) is 4.98 Å². The highest BCUT2D eigenvalue weighted by molar-refractivity contribution is 7.14. The number of aromatic amines is 1. The first-order valence-corrected chi connectivity index (χ1v) is 8.81. The van der Waals surface area contributed by atoms with Crippen molar-refractivity contribution in [1.82, 2.24) is 14.9 Å². The Balaban J connectivity index is 1.54. The summed E-state index contributed by atoms with van der Waals surface area (Å²) in [5.74, 6) is 0.0559. The van der Waals surface area contributed by atoms with Crippen molar-refractivity contribution in [2.24, 2.45) is 0 Å². The fourth-order valence-electron chi connectivity index (χ4n) is 3.23. The lowest BCUT2D eigenvalue weighted by molar-refractivity contribution is 0.0736. The Morgan fingerprint density at radius 2 is 2.33 bits per heavy atom. The fourth-order valence-corrected chi connectivity index (χ4v) is 4.29. The molecule has 2 aromatic rings. The number of anilines is 1. The molecular formula is C16H18N4O3S. The number of amides is 1. The lowest BCUT2D eigenvalue weighted by Crippen LogP contribution is -2.39. The number of aromatic nitrogens is 2. The van der Waals surface area contributed by atoms with Crippen molar-refractivity contribution in [2.75, 3.05) is 18.9 Å². The molecule has 2 aliphatic heterocycles. The second-order valence-electron chi connectivity index (χ2n) is 6.06. The zero-order chi connectivity index (χ0) is 16.7.